The van der Waals surface area contributed by atoms with E-state index < -0.39 is 0 Å². The molecule has 1 aromatic rings. The lowest BCUT2D eigenvalue weighted by Gasteiger charge is -2.04. The summed E-state index contributed by atoms with van der Waals surface area (Å²) < 4.78 is 4.80. The van der Waals surface area contributed by atoms with Crippen LogP contribution in [-0.4, -0.2) is 28.6 Å². The summed E-state index contributed by atoms with van der Waals surface area (Å²) >= 11 is 0. The standard InChI is InChI=1S/C15H20O5/c1-2-20-15(19)7-5-3-4-6-13(17)12-9-8-11(16)10-14(12)18/h8-10,16,18H,2-7H2,1H3. The molecule has 0 fully saturated rings. The highest BCUT2D eigenvalue weighted by molar-refractivity contribution is 5.98. The molecule has 0 spiro atoms. The van der Waals surface area contributed by atoms with Gasteiger partial charge in [-0.25, -0.2) is 0 Å². The first-order chi connectivity index (χ1) is 9.54. The smallest absolute Gasteiger partial charge is 0.305 e. The van der Waals surface area contributed by atoms with Gasteiger partial charge in [0.25, 0.3) is 0 Å². The molecule has 0 saturated carbocycles. The van der Waals surface area contributed by atoms with Crippen molar-refractivity contribution in [3.63, 3.8) is 0 Å². The topological polar surface area (TPSA) is 83.8 Å². The molecule has 0 amide bonds. The lowest BCUT2D eigenvalue weighted by Crippen LogP contribution is -2.03. The fourth-order valence-electron chi connectivity index (χ4n) is 1.86. The Labute approximate surface area is 118 Å². The molecule has 0 unspecified atom stereocenters. The maximum Gasteiger partial charge on any atom is 0.305 e. The molecule has 0 radical (unpaired) electrons. The summed E-state index contributed by atoms with van der Waals surface area (Å²) in [6.45, 7) is 2.15. The monoisotopic (exact) mass is 280 g/mol. The predicted molar refractivity (Wildman–Crippen MR) is 73.8 cm³/mol. The molecule has 110 valence electrons. The third-order valence-corrected chi connectivity index (χ3v) is 2.87. The van der Waals surface area contributed by atoms with Crippen LogP contribution >= 0.6 is 0 Å². The van der Waals surface area contributed by atoms with Crippen molar-refractivity contribution in [3.8, 4) is 11.5 Å². The van der Waals surface area contributed by atoms with Crippen molar-refractivity contribution in [1.29, 1.82) is 0 Å². The largest absolute Gasteiger partial charge is 0.508 e. The van der Waals surface area contributed by atoms with E-state index in [1.807, 2.05) is 0 Å². The van der Waals surface area contributed by atoms with Crippen LogP contribution in [0.5, 0.6) is 11.5 Å². The van der Waals surface area contributed by atoms with E-state index in [1.54, 1.807) is 6.92 Å². The van der Waals surface area contributed by atoms with Gasteiger partial charge >= 0.3 is 5.97 Å². The Balaban J connectivity index is 2.28. The molecule has 0 aliphatic carbocycles. The molecule has 0 bridgehead atoms. The lowest BCUT2D eigenvalue weighted by molar-refractivity contribution is -0.143. The van der Waals surface area contributed by atoms with E-state index in [4.69, 9.17) is 9.84 Å². The number of aromatic hydroxyl groups is 2. The summed E-state index contributed by atoms with van der Waals surface area (Å²) in [6.07, 6.45) is 2.77. The molecule has 0 saturated heterocycles. The van der Waals surface area contributed by atoms with Gasteiger partial charge in [0.2, 0.25) is 0 Å². The van der Waals surface area contributed by atoms with Gasteiger partial charge in [-0.05, 0) is 31.9 Å². The zero-order valence-corrected chi connectivity index (χ0v) is 11.6. The number of ketones is 1. The number of hydrogen-bond donors (Lipinski definition) is 2. The summed E-state index contributed by atoms with van der Waals surface area (Å²) in [5.41, 5.74) is 0.216. The van der Waals surface area contributed by atoms with Crippen molar-refractivity contribution in [2.24, 2.45) is 0 Å². The molecule has 1 aromatic carbocycles. The summed E-state index contributed by atoms with van der Waals surface area (Å²) in [7, 11) is 0. The Morgan fingerprint density at radius 1 is 1.10 bits per heavy atom. The van der Waals surface area contributed by atoms with Crippen LogP contribution < -0.4 is 0 Å². The molecular formula is C15H20O5. The zero-order valence-electron chi connectivity index (χ0n) is 11.6. The summed E-state index contributed by atoms with van der Waals surface area (Å²) in [6, 6.07) is 3.92. The minimum Gasteiger partial charge on any atom is -0.508 e. The molecule has 0 aromatic heterocycles. The highest BCUT2D eigenvalue weighted by Gasteiger charge is 2.11. The average molecular weight is 280 g/mol. The van der Waals surface area contributed by atoms with E-state index in [0.717, 1.165) is 12.5 Å². The van der Waals surface area contributed by atoms with Crippen molar-refractivity contribution < 1.29 is 24.5 Å². The van der Waals surface area contributed by atoms with Gasteiger partial charge in [0.15, 0.2) is 5.78 Å². The Morgan fingerprint density at radius 3 is 2.45 bits per heavy atom. The molecular weight excluding hydrogens is 260 g/mol. The minimum absolute atomic E-state index is 0.0755. The van der Waals surface area contributed by atoms with Crippen molar-refractivity contribution in [2.75, 3.05) is 6.61 Å². The van der Waals surface area contributed by atoms with E-state index in [9.17, 15) is 14.7 Å². The number of rotatable bonds is 8. The van der Waals surface area contributed by atoms with Crippen LogP contribution in [-0.2, 0) is 9.53 Å². The second-order valence-electron chi connectivity index (χ2n) is 4.49. The molecule has 5 nitrogen and oxygen atoms in total. The van der Waals surface area contributed by atoms with E-state index >= 15 is 0 Å². The van der Waals surface area contributed by atoms with Crippen molar-refractivity contribution in [1.82, 2.24) is 0 Å². The number of phenolic OH excluding ortho intramolecular Hbond substituents is 2. The number of ether oxygens (including phenoxy) is 1. The maximum absolute atomic E-state index is 11.8. The third-order valence-electron chi connectivity index (χ3n) is 2.87. The van der Waals surface area contributed by atoms with Gasteiger partial charge in [-0.1, -0.05) is 6.42 Å². The number of esters is 1. The SMILES string of the molecule is CCOC(=O)CCCCCC(=O)c1ccc(O)cc1O. The molecule has 0 aliphatic heterocycles. The molecule has 2 N–H and O–H groups in total. The highest BCUT2D eigenvalue weighted by atomic mass is 16.5. The van der Waals surface area contributed by atoms with Gasteiger partial charge in [-0.15, -0.1) is 0 Å². The number of hydrogen-bond acceptors (Lipinski definition) is 5. The highest BCUT2D eigenvalue weighted by Crippen LogP contribution is 2.24. The Hall–Kier alpha value is -2.04. The average Bonchev–Trinajstić information content (AvgIpc) is 2.38. The first-order valence-corrected chi connectivity index (χ1v) is 6.75. The zero-order chi connectivity index (χ0) is 15.0. The number of benzene rings is 1. The first kappa shape index (κ1) is 16.0. The summed E-state index contributed by atoms with van der Waals surface area (Å²) in [5.74, 6) is -0.663. The van der Waals surface area contributed by atoms with Crippen LogP contribution in [0.2, 0.25) is 0 Å². The molecule has 20 heavy (non-hydrogen) atoms. The van der Waals surface area contributed by atoms with Crippen molar-refractivity contribution in [3.05, 3.63) is 23.8 Å². The Kier molecular flexibility index (Phi) is 6.56. The fourth-order valence-corrected chi connectivity index (χ4v) is 1.86. The number of carbonyl (C=O) groups is 2. The molecule has 0 aliphatic rings. The van der Waals surface area contributed by atoms with Crippen LogP contribution in [0.15, 0.2) is 18.2 Å². The number of phenols is 2. The molecule has 5 heteroatoms. The quantitative estimate of drug-likeness (QED) is 0.434. The van der Waals surface area contributed by atoms with Crippen molar-refractivity contribution in [2.45, 2.75) is 39.0 Å². The van der Waals surface area contributed by atoms with E-state index in [1.165, 1.54) is 12.1 Å². The van der Waals surface area contributed by atoms with Crippen LogP contribution in [0.3, 0.4) is 0 Å². The lowest BCUT2D eigenvalue weighted by atomic mass is 10.0. The van der Waals surface area contributed by atoms with Crippen LogP contribution in [0, 0.1) is 0 Å². The van der Waals surface area contributed by atoms with E-state index in [-0.39, 0.29) is 28.8 Å². The Morgan fingerprint density at radius 2 is 1.80 bits per heavy atom. The third kappa shape index (κ3) is 5.30. The van der Waals surface area contributed by atoms with Gasteiger partial charge in [0.1, 0.15) is 11.5 Å². The van der Waals surface area contributed by atoms with E-state index in [2.05, 4.69) is 0 Å². The van der Waals surface area contributed by atoms with Gasteiger partial charge < -0.3 is 14.9 Å². The second kappa shape index (κ2) is 8.19. The maximum atomic E-state index is 11.8. The van der Waals surface area contributed by atoms with Gasteiger partial charge in [0.05, 0.1) is 12.2 Å². The number of unbranched alkanes of at least 4 members (excludes halogenated alkanes) is 2. The van der Waals surface area contributed by atoms with Gasteiger partial charge in [-0.3, -0.25) is 9.59 Å². The normalized spacial score (nSPS) is 10.2. The number of Topliss-reactive ketones (excluding diaryl/α,β-unsaturated/α-hetero) is 1. The van der Waals surface area contributed by atoms with E-state index in [0.29, 0.717) is 32.3 Å². The first-order valence-electron chi connectivity index (χ1n) is 6.75. The summed E-state index contributed by atoms with van der Waals surface area (Å²) in [5, 5.41) is 18.7. The van der Waals surface area contributed by atoms with Crippen LogP contribution in [0.25, 0.3) is 0 Å². The minimum atomic E-state index is -0.213. The van der Waals surface area contributed by atoms with Crippen molar-refractivity contribution >= 4 is 11.8 Å². The molecule has 0 atom stereocenters. The Bertz CT molecular complexity index is 467. The predicted octanol–water partition coefficient (Wildman–Crippen LogP) is 2.79. The fraction of sp³-hybridized carbons (Fsp3) is 0.467. The second-order valence-corrected chi connectivity index (χ2v) is 4.49. The summed E-state index contributed by atoms with van der Waals surface area (Å²) in [4.78, 5) is 22.9. The van der Waals surface area contributed by atoms with Gasteiger partial charge in [0, 0.05) is 18.9 Å². The van der Waals surface area contributed by atoms with Crippen LogP contribution in [0.1, 0.15) is 49.4 Å². The molecule has 1 rings (SSSR count). The molecule has 0 heterocycles. The van der Waals surface area contributed by atoms with Gasteiger partial charge in [-0.2, -0.15) is 0 Å². The number of carbonyl (C=O) groups excluding carboxylic acids is 2. The van der Waals surface area contributed by atoms with Crippen LogP contribution in [0.4, 0.5) is 0 Å².